The van der Waals surface area contributed by atoms with Crippen LogP contribution in [0.4, 0.5) is 0 Å². The molecule has 0 spiro atoms. The van der Waals surface area contributed by atoms with E-state index in [4.69, 9.17) is 11.6 Å². The first-order chi connectivity index (χ1) is 8.32. The first-order valence-electron chi connectivity index (χ1n) is 6.00. The Labute approximate surface area is 113 Å². The Balaban J connectivity index is 2.72. The predicted octanol–water partition coefficient (Wildman–Crippen LogP) is 2.56. The van der Waals surface area contributed by atoms with E-state index in [-0.39, 0.29) is 11.9 Å². The SMILES string of the molecule is Cc1nn(C)c(Cl)c1/C=C/C(=O)NC(C)C(C)C. The molecular weight excluding hydrogens is 250 g/mol. The van der Waals surface area contributed by atoms with Gasteiger partial charge in [0.1, 0.15) is 5.15 Å². The summed E-state index contributed by atoms with van der Waals surface area (Å²) in [6.45, 7) is 7.98. The quantitative estimate of drug-likeness (QED) is 0.854. The van der Waals surface area contributed by atoms with Crippen LogP contribution < -0.4 is 5.32 Å². The number of aromatic nitrogens is 2. The van der Waals surface area contributed by atoms with Crippen LogP contribution in [0.2, 0.25) is 5.15 Å². The van der Waals surface area contributed by atoms with Gasteiger partial charge in [0.25, 0.3) is 0 Å². The van der Waals surface area contributed by atoms with Gasteiger partial charge in [0, 0.05) is 24.7 Å². The van der Waals surface area contributed by atoms with Gasteiger partial charge in [-0.2, -0.15) is 5.10 Å². The minimum atomic E-state index is -0.115. The van der Waals surface area contributed by atoms with Crippen molar-refractivity contribution in [3.05, 3.63) is 22.5 Å². The Morgan fingerprint density at radius 3 is 2.50 bits per heavy atom. The number of hydrogen-bond acceptors (Lipinski definition) is 2. The predicted molar refractivity (Wildman–Crippen MR) is 74.4 cm³/mol. The minimum absolute atomic E-state index is 0.115. The molecule has 0 aliphatic carbocycles. The molecule has 0 saturated carbocycles. The zero-order chi connectivity index (χ0) is 13.9. The molecule has 0 radical (unpaired) electrons. The van der Waals surface area contributed by atoms with Crippen LogP contribution in [0, 0.1) is 12.8 Å². The van der Waals surface area contributed by atoms with Crippen LogP contribution >= 0.6 is 11.6 Å². The average Bonchev–Trinajstić information content (AvgIpc) is 2.51. The zero-order valence-corrected chi connectivity index (χ0v) is 12.2. The number of amides is 1. The molecule has 4 nitrogen and oxygen atoms in total. The Morgan fingerprint density at radius 2 is 2.06 bits per heavy atom. The van der Waals surface area contributed by atoms with Crippen LogP contribution in [0.1, 0.15) is 32.0 Å². The van der Waals surface area contributed by atoms with Gasteiger partial charge in [-0.25, -0.2) is 0 Å². The second kappa shape index (κ2) is 6.05. The topological polar surface area (TPSA) is 46.9 Å². The molecule has 1 atom stereocenters. The Morgan fingerprint density at radius 1 is 1.44 bits per heavy atom. The van der Waals surface area contributed by atoms with Crippen LogP contribution in [0.25, 0.3) is 6.08 Å². The van der Waals surface area contributed by atoms with Gasteiger partial charge in [0.05, 0.1) is 5.69 Å². The number of carbonyl (C=O) groups excluding carboxylic acids is 1. The summed E-state index contributed by atoms with van der Waals surface area (Å²) in [6.07, 6.45) is 3.20. The Kier molecular flexibility index (Phi) is 4.96. The number of aryl methyl sites for hydroxylation is 2. The molecule has 0 saturated heterocycles. The van der Waals surface area contributed by atoms with E-state index >= 15 is 0 Å². The summed E-state index contributed by atoms with van der Waals surface area (Å²) < 4.78 is 1.59. The van der Waals surface area contributed by atoms with Crippen molar-refractivity contribution in [1.82, 2.24) is 15.1 Å². The maximum Gasteiger partial charge on any atom is 0.244 e. The molecular formula is C13H20ClN3O. The number of hydrogen-bond donors (Lipinski definition) is 1. The Hall–Kier alpha value is -1.29. The first-order valence-corrected chi connectivity index (χ1v) is 6.38. The number of nitrogens with zero attached hydrogens (tertiary/aromatic N) is 2. The molecule has 0 aliphatic rings. The average molecular weight is 270 g/mol. The summed E-state index contributed by atoms with van der Waals surface area (Å²) in [5.41, 5.74) is 1.59. The molecule has 1 amide bonds. The largest absolute Gasteiger partial charge is 0.350 e. The van der Waals surface area contributed by atoms with Crippen molar-refractivity contribution in [3.8, 4) is 0 Å². The van der Waals surface area contributed by atoms with Gasteiger partial charge in [-0.05, 0) is 25.8 Å². The van der Waals surface area contributed by atoms with Crippen molar-refractivity contribution in [2.45, 2.75) is 33.7 Å². The van der Waals surface area contributed by atoms with Crippen molar-refractivity contribution in [2.75, 3.05) is 0 Å². The van der Waals surface area contributed by atoms with Gasteiger partial charge in [-0.3, -0.25) is 9.48 Å². The normalized spacial score (nSPS) is 13.3. The van der Waals surface area contributed by atoms with Crippen LogP contribution in [0.15, 0.2) is 6.08 Å². The van der Waals surface area contributed by atoms with E-state index in [2.05, 4.69) is 24.3 Å². The molecule has 18 heavy (non-hydrogen) atoms. The van der Waals surface area contributed by atoms with Crippen molar-refractivity contribution in [1.29, 1.82) is 0 Å². The highest BCUT2D eigenvalue weighted by atomic mass is 35.5. The summed E-state index contributed by atoms with van der Waals surface area (Å²) >= 11 is 6.07. The summed E-state index contributed by atoms with van der Waals surface area (Å²) in [5.74, 6) is 0.293. The maximum atomic E-state index is 11.7. The van der Waals surface area contributed by atoms with Crippen molar-refractivity contribution < 1.29 is 4.79 Å². The van der Waals surface area contributed by atoms with Crippen molar-refractivity contribution >= 4 is 23.6 Å². The van der Waals surface area contributed by atoms with E-state index in [0.717, 1.165) is 11.3 Å². The molecule has 100 valence electrons. The number of nitrogens with one attached hydrogen (secondary N) is 1. The molecule has 1 unspecified atom stereocenters. The molecule has 5 heteroatoms. The second-order valence-corrected chi connectivity index (χ2v) is 5.15. The third-order valence-corrected chi connectivity index (χ3v) is 3.42. The van der Waals surface area contributed by atoms with E-state index < -0.39 is 0 Å². The summed E-state index contributed by atoms with van der Waals surface area (Å²) in [7, 11) is 1.77. The lowest BCUT2D eigenvalue weighted by atomic mass is 10.1. The monoisotopic (exact) mass is 269 g/mol. The first kappa shape index (κ1) is 14.8. The van der Waals surface area contributed by atoms with E-state index in [1.54, 1.807) is 17.8 Å². The van der Waals surface area contributed by atoms with Gasteiger partial charge < -0.3 is 5.32 Å². The van der Waals surface area contributed by atoms with E-state index in [9.17, 15) is 4.79 Å². The third kappa shape index (κ3) is 3.60. The van der Waals surface area contributed by atoms with Crippen LogP contribution in [0.5, 0.6) is 0 Å². The molecule has 1 aromatic rings. The fourth-order valence-electron chi connectivity index (χ4n) is 1.43. The summed E-state index contributed by atoms with van der Waals surface area (Å²) in [6, 6.07) is 0.146. The Bertz CT molecular complexity index is 463. The molecule has 0 bridgehead atoms. The van der Waals surface area contributed by atoms with Crippen LogP contribution in [-0.2, 0) is 11.8 Å². The number of rotatable bonds is 4. The molecule has 1 N–H and O–H groups in total. The second-order valence-electron chi connectivity index (χ2n) is 4.79. The molecule has 1 rings (SSSR count). The highest BCUT2D eigenvalue weighted by Gasteiger charge is 2.10. The molecule has 1 heterocycles. The minimum Gasteiger partial charge on any atom is -0.350 e. The lowest BCUT2D eigenvalue weighted by Crippen LogP contribution is -2.34. The van der Waals surface area contributed by atoms with E-state index in [1.165, 1.54) is 6.08 Å². The number of carbonyl (C=O) groups is 1. The summed E-state index contributed by atoms with van der Waals surface area (Å²) in [5, 5.41) is 7.61. The van der Waals surface area contributed by atoms with Crippen molar-refractivity contribution in [2.24, 2.45) is 13.0 Å². The van der Waals surface area contributed by atoms with Gasteiger partial charge in [0.2, 0.25) is 5.91 Å². The maximum absolute atomic E-state index is 11.7. The third-order valence-electron chi connectivity index (χ3n) is 2.97. The molecule has 0 aliphatic heterocycles. The van der Waals surface area contributed by atoms with Crippen molar-refractivity contribution in [3.63, 3.8) is 0 Å². The summed E-state index contributed by atoms with van der Waals surface area (Å²) in [4.78, 5) is 11.7. The van der Waals surface area contributed by atoms with Gasteiger partial charge in [-0.15, -0.1) is 0 Å². The smallest absolute Gasteiger partial charge is 0.244 e. The van der Waals surface area contributed by atoms with Gasteiger partial charge in [0.15, 0.2) is 0 Å². The highest BCUT2D eigenvalue weighted by molar-refractivity contribution is 6.31. The molecule has 0 fully saturated rings. The van der Waals surface area contributed by atoms with E-state index in [0.29, 0.717) is 11.1 Å². The fraction of sp³-hybridized carbons (Fsp3) is 0.538. The zero-order valence-electron chi connectivity index (χ0n) is 11.5. The fourth-order valence-corrected chi connectivity index (χ4v) is 1.67. The highest BCUT2D eigenvalue weighted by Crippen LogP contribution is 2.19. The lowest BCUT2D eigenvalue weighted by molar-refractivity contribution is -0.117. The van der Waals surface area contributed by atoms with Gasteiger partial charge in [-0.1, -0.05) is 25.4 Å². The standard InChI is InChI=1S/C13H20ClN3O/c1-8(2)9(3)15-12(18)7-6-11-10(4)16-17(5)13(11)14/h6-9H,1-5H3,(H,15,18)/b7-6+. The van der Waals surface area contributed by atoms with E-state index in [1.807, 2.05) is 13.8 Å². The molecule has 0 aromatic carbocycles. The number of halogens is 1. The van der Waals surface area contributed by atoms with Gasteiger partial charge >= 0.3 is 0 Å². The van der Waals surface area contributed by atoms with Crippen LogP contribution in [0.3, 0.4) is 0 Å². The van der Waals surface area contributed by atoms with Crippen LogP contribution in [-0.4, -0.2) is 21.7 Å². The molecule has 1 aromatic heterocycles. The lowest BCUT2D eigenvalue weighted by Gasteiger charge is -2.15.